The predicted octanol–water partition coefficient (Wildman–Crippen LogP) is 4.31. The number of pyridine rings is 1. The maximum atomic E-state index is 13.3. The summed E-state index contributed by atoms with van der Waals surface area (Å²) in [7, 11) is 0. The molecule has 2 aromatic carbocycles. The fourth-order valence-corrected chi connectivity index (χ4v) is 3.69. The Bertz CT molecular complexity index is 1380. The van der Waals surface area contributed by atoms with Gasteiger partial charge in [0.15, 0.2) is 5.69 Å². The maximum absolute atomic E-state index is 13.3. The second-order valence-corrected chi connectivity index (χ2v) is 8.41. The minimum absolute atomic E-state index is 0.189. The van der Waals surface area contributed by atoms with Crippen LogP contribution < -0.4 is 16.4 Å². The number of hydrogen-bond donors (Lipinski definition) is 3. The molecule has 0 atom stereocenters. The summed E-state index contributed by atoms with van der Waals surface area (Å²) < 4.78 is 1.52. The number of aromatic nitrogens is 3. The van der Waals surface area contributed by atoms with Crippen LogP contribution in [0.5, 0.6) is 0 Å². The smallest absolute Gasteiger partial charge is 0.272 e. The molecule has 5 rings (SSSR count). The lowest BCUT2D eigenvalue weighted by Gasteiger charge is -2.11. The lowest BCUT2D eigenvalue weighted by molar-refractivity contribution is 0.0944. The minimum Gasteiger partial charge on any atom is -0.384 e. The first-order chi connectivity index (χ1) is 16.5. The van der Waals surface area contributed by atoms with Gasteiger partial charge in [0.05, 0.1) is 22.0 Å². The molecule has 1 fully saturated rings. The Balaban J connectivity index is 1.47. The summed E-state index contributed by atoms with van der Waals surface area (Å²) in [5, 5.41) is 10.5. The topological polar surface area (TPSA) is 115 Å². The molecule has 1 aliphatic rings. The summed E-state index contributed by atoms with van der Waals surface area (Å²) in [5.41, 5.74) is 8.30. The van der Waals surface area contributed by atoms with E-state index < -0.39 is 5.91 Å². The third-order valence-corrected chi connectivity index (χ3v) is 5.70. The highest BCUT2D eigenvalue weighted by molar-refractivity contribution is 6.34. The number of para-hydroxylation sites is 1. The molecule has 9 heteroatoms. The van der Waals surface area contributed by atoms with Crippen LogP contribution in [-0.2, 0) is 0 Å². The van der Waals surface area contributed by atoms with Gasteiger partial charge in [-0.3, -0.25) is 9.59 Å². The van der Waals surface area contributed by atoms with Gasteiger partial charge in [0.25, 0.3) is 11.8 Å². The second-order valence-electron chi connectivity index (χ2n) is 8.01. The number of benzene rings is 2. The number of nitrogens with two attached hydrogens (primary N) is 1. The maximum Gasteiger partial charge on any atom is 0.272 e. The van der Waals surface area contributed by atoms with Crippen LogP contribution >= 0.6 is 11.6 Å². The molecule has 0 unspecified atom stereocenters. The molecule has 34 heavy (non-hydrogen) atoms. The highest BCUT2D eigenvalue weighted by atomic mass is 35.5. The Morgan fingerprint density at radius 1 is 0.971 bits per heavy atom. The highest BCUT2D eigenvalue weighted by Gasteiger charge is 2.26. The third kappa shape index (κ3) is 4.62. The number of anilines is 2. The molecule has 2 heterocycles. The number of nitrogens with one attached hydrogen (secondary N) is 2. The van der Waals surface area contributed by atoms with Crippen LogP contribution in [0.15, 0.2) is 72.8 Å². The number of nitrogen functional groups attached to an aromatic ring is 1. The number of amides is 2. The van der Waals surface area contributed by atoms with Gasteiger partial charge in [-0.1, -0.05) is 41.9 Å². The number of carbonyl (C=O) groups is 2. The van der Waals surface area contributed by atoms with Crippen LogP contribution in [0, 0.1) is 0 Å². The van der Waals surface area contributed by atoms with Crippen molar-refractivity contribution in [2.45, 2.75) is 18.9 Å². The molecule has 8 nitrogen and oxygen atoms in total. The third-order valence-electron chi connectivity index (χ3n) is 5.37. The van der Waals surface area contributed by atoms with Crippen LogP contribution in [0.4, 0.5) is 11.6 Å². The molecule has 0 aliphatic heterocycles. The fraction of sp³-hybridized carbons (Fsp3) is 0.120. The molecule has 0 radical (unpaired) electrons. The van der Waals surface area contributed by atoms with Gasteiger partial charge in [0.2, 0.25) is 0 Å². The highest BCUT2D eigenvalue weighted by Crippen LogP contribution is 2.27. The summed E-state index contributed by atoms with van der Waals surface area (Å²) >= 11 is 6.36. The van der Waals surface area contributed by atoms with E-state index >= 15 is 0 Å². The Morgan fingerprint density at radius 2 is 1.76 bits per heavy atom. The summed E-state index contributed by atoms with van der Waals surface area (Å²) in [6, 6.07) is 21.4. The fourth-order valence-electron chi connectivity index (χ4n) is 3.49. The van der Waals surface area contributed by atoms with E-state index in [-0.39, 0.29) is 28.2 Å². The van der Waals surface area contributed by atoms with Crippen molar-refractivity contribution in [2.24, 2.45) is 0 Å². The van der Waals surface area contributed by atoms with Gasteiger partial charge in [-0.05, 0) is 49.2 Å². The van der Waals surface area contributed by atoms with E-state index in [4.69, 9.17) is 17.3 Å². The predicted molar refractivity (Wildman–Crippen MR) is 131 cm³/mol. The van der Waals surface area contributed by atoms with E-state index in [1.54, 1.807) is 42.5 Å². The van der Waals surface area contributed by atoms with Gasteiger partial charge in [-0.2, -0.15) is 5.10 Å². The van der Waals surface area contributed by atoms with Crippen molar-refractivity contribution in [1.29, 1.82) is 0 Å². The van der Waals surface area contributed by atoms with Crippen molar-refractivity contribution in [3.63, 3.8) is 0 Å². The van der Waals surface area contributed by atoms with Crippen molar-refractivity contribution in [3.8, 4) is 16.9 Å². The van der Waals surface area contributed by atoms with E-state index in [1.165, 1.54) is 4.68 Å². The average molecular weight is 473 g/mol. The van der Waals surface area contributed by atoms with Crippen molar-refractivity contribution in [3.05, 3.63) is 89.1 Å². The second kappa shape index (κ2) is 8.99. The van der Waals surface area contributed by atoms with Gasteiger partial charge in [-0.15, -0.1) is 0 Å². The average Bonchev–Trinajstić information content (AvgIpc) is 3.56. The molecule has 1 saturated carbocycles. The van der Waals surface area contributed by atoms with Gasteiger partial charge >= 0.3 is 0 Å². The first kappa shape index (κ1) is 21.7. The Labute approximate surface area is 200 Å². The Hall–Kier alpha value is -4.17. The van der Waals surface area contributed by atoms with Gasteiger partial charge < -0.3 is 16.4 Å². The van der Waals surface area contributed by atoms with Gasteiger partial charge in [0.1, 0.15) is 11.6 Å². The largest absolute Gasteiger partial charge is 0.384 e. The molecular formula is C25H21ClN6O2. The van der Waals surface area contributed by atoms with E-state index in [9.17, 15) is 9.59 Å². The molecule has 170 valence electrons. The molecule has 4 aromatic rings. The molecular weight excluding hydrogens is 452 g/mol. The van der Waals surface area contributed by atoms with E-state index in [1.807, 2.05) is 30.3 Å². The summed E-state index contributed by atoms with van der Waals surface area (Å²) in [4.78, 5) is 30.2. The molecule has 1 aliphatic carbocycles. The summed E-state index contributed by atoms with van der Waals surface area (Å²) in [5.74, 6) is 0.00495. The van der Waals surface area contributed by atoms with E-state index in [2.05, 4.69) is 20.7 Å². The molecule has 0 bridgehead atoms. The van der Waals surface area contributed by atoms with Gasteiger partial charge in [-0.25, -0.2) is 9.67 Å². The molecule has 4 N–H and O–H groups in total. The lowest BCUT2D eigenvalue weighted by atomic mass is 10.1. The van der Waals surface area contributed by atoms with Crippen LogP contribution in [0.2, 0.25) is 5.02 Å². The zero-order chi connectivity index (χ0) is 23.7. The Kier molecular flexibility index (Phi) is 5.73. The van der Waals surface area contributed by atoms with Crippen molar-refractivity contribution >= 4 is 35.1 Å². The molecule has 2 amide bonds. The van der Waals surface area contributed by atoms with Crippen molar-refractivity contribution < 1.29 is 9.59 Å². The lowest BCUT2D eigenvalue weighted by Crippen LogP contribution is -2.25. The number of nitrogens with zero attached hydrogens (tertiary/aromatic N) is 3. The zero-order valence-electron chi connectivity index (χ0n) is 18.0. The van der Waals surface area contributed by atoms with Crippen LogP contribution in [0.25, 0.3) is 16.9 Å². The van der Waals surface area contributed by atoms with Gasteiger partial charge in [0, 0.05) is 17.7 Å². The number of hydrogen-bond acceptors (Lipinski definition) is 5. The van der Waals surface area contributed by atoms with Crippen LogP contribution in [0.1, 0.15) is 33.7 Å². The SMILES string of the molecule is Nc1cccc(-c2ccc(Cl)c(C(=O)Nc3cc(C(=O)NC4CC4)nn3-c3ccccc3)c2)n1. The number of halogens is 1. The van der Waals surface area contributed by atoms with Crippen molar-refractivity contribution in [2.75, 3.05) is 11.1 Å². The molecule has 0 spiro atoms. The zero-order valence-corrected chi connectivity index (χ0v) is 18.8. The minimum atomic E-state index is -0.443. The summed E-state index contributed by atoms with van der Waals surface area (Å²) in [6.45, 7) is 0. The number of rotatable bonds is 6. The molecule has 0 saturated heterocycles. The quantitative estimate of drug-likeness (QED) is 0.386. The first-order valence-electron chi connectivity index (χ1n) is 10.8. The van der Waals surface area contributed by atoms with E-state index in [0.29, 0.717) is 28.6 Å². The van der Waals surface area contributed by atoms with E-state index in [0.717, 1.165) is 12.8 Å². The Morgan fingerprint density at radius 3 is 2.50 bits per heavy atom. The standard InChI is InChI=1S/C25H21ClN6O2/c26-19-12-9-15(20-7-4-8-22(27)29-20)13-18(19)24(33)30-23-14-21(25(34)28-16-10-11-16)31-32(23)17-5-2-1-3-6-17/h1-9,12-14,16H,10-11H2,(H2,27,29)(H,28,34)(H,30,33). The number of carbonyl (C=O) groups excluding carboxylic acids is 2. The first-order valence-corrected chi connectivity index (χ1v) is 11.2. The molecule has 2 aromatic heterocycles. The summed E-state index contributed by atoms with van der Waals surface area (Å²) in [6.07, 6.45) is 1.93. The van der Waals surface area contributed by atoms with Crippen LogP contribution in [-0.4, -0.2) is 32.6 Å². The normalized spacial score (nSPS) is 12.9. The van der Waals surface area contributed by atoms with Crippen LogP contribution in [0.3, 0.4) is 0 Å². The van der Waals surface area contributed by atoms with Crippen molar-refractivity contribution in [1.82, 2.24) is 20.1 Å². The monoisotopic (exact) mass is 472 g/mol.